The van der Waals surface area contributed by atoms with Crippen LogP contribution in [0.25, 0.3) is 0 Å². The van der Waals surface area contributed by atoms with Crippen molar-refractivity contribution in [1.82, 2.24) is 0 Å². The zero-order chi connectivity index (χ0) is 9.61. The van der Waals surface area contributed by atoms with E-state index in [0.717, 1.165) is 0 Å². The Morgan fingerprint density at radius 2 is 1.75 bits per heavy atom. The molecule has 0 nitrogen and oxygen atoms in total. The van der Waals surface area contributed by atoms with Crippen molar-refractivity contribution >= 4 is 0 Å². The van der Waals surface area contributed by atoms with Crippen molar-refractivity contribution in [2.75, 3.05) is 6.67 Å². The molecule has 0 spiro atoms. The Balaban J connectivity index is 3.86. The fourth-order valence-electron chi connectivity index (χ4n) is 1.14. The van der Waals surface area contributed by atoms with Gasteiger partial charge in [-0.1, -0.05) is 13.3 Å². The summed E-state index contributed by atoms with van der Waals surface area (Å²) >= 11 is 0. The smallest absolute Gasteiger partial charge is 0.251 e. The van der Waals surface area contributed by atoms with Gasteiger partial charge >= 0.3 is 6.18 Å². The molecule has 0 aromatic carbocycles. The third-order valence-corrected chi connectivity index (χ3v) is 1.79. The molecule has 0 amide bonds. The zero-order valence-electron chi connectivity index (χ0n) is 7.12. The zero-order valence-corrected chi connectivity index (χ0v) is 7.12. The molecule has 0 saturated carbocycles. The van der Waals surface area contributed by atoms with E-state index in [2.05, 4.69) is 0 Å². The molecular weight excluding hydrogens is 172 g/mol. The molecule has 12 heavy (non-hydrogen) atoms. The fourth-order valence-corrected chi connectivity index (χ4v) is 1.14. The Labute approximate surface area is 70.0 Å². The predicted molar refractivity (Wildman–Crippen MR) is 39.7 cm³/mol. The molecule has 0 heterocycles. The van der Waals surface area contributed by atoms with Crippen molar-refractivity contribution in [3.63, 3.8) is 0 Å². The van der Waals surface area contributed by atoms with Gasteiger partial charge in [-0.05, 0) is 19.3 Å². The summed E-state index contributed by atoms with van der Waals surface area (Å²) in [6.45, 7) is 1.05. The minimum absolute atomic E-state index is 0.0180. The molecule has 0 bridgehead atoms. The average Bonchev–Trinajstić information content (AvgIpc) is 1.95. The summed E-state index contributed by atoms with van der Waals surface area (Å²) in [4.78, 5) is 0. The average molecular weight is 186 g/mol. The van der Waals surface area contributed by atoms with Crippen LogP contribution in [0.15, 0.2) is 0 Å². The van der Waals surface area contributed by atoms with Crippen LogP contribution >= 0.6 is 0 Å². The van der Waals surface area contributed by atoms with Gasteiger partial charge in [0.2, 0.25) is 0 Å². The number of halogens is 4. The van der Waals surface area contributed by atoms with E-state index in [-0.39, 0.29) is 19.3 Å². The van der Waals surface area contributed by atoms with Crippen LogP contribution in [0, 0.1) is 5.92 Å². The van der Waals surface area contributed by atoms with Gasteiger partial charge in [0.05, 0.1) is 12.6 Å². The van der Waals surface area contributed by atoms with E-state index in [1.165, 1.54) is 0 Å². The molecule has 1 unspecified atom stereocenters. The summed E-state index contributed by atoms with van der Waals surface area (Å²) in [5.41, 5.74) is 0. The quantitative estimate of drug-likeness (QED) is 0.574. The molecule has 1 atom stereocenters. The van der Waals surface area contributed by atoms with Crippen LogP contribution in [0.5, 0.6) is 0 Å². The van der Waals surface area contributed by atoms with Crippen LogP contribution in [0.4, 0.5) is 17.6 Å². The van der Waals surface area contributed by atoms with E-state index in [4.69, 9.17) is 0 Å². The molecule has 0 aliphatic carbocycles. The van der Waals surface area contributed by atoms with Crippen LogP contribution in [0.1, 0.15) is 32.6 Å². The third kappa shape index (κ3) is 4.57. The highest BCUT2D eigenvalue weighted by molar-refractivity contribution is 4.66. The number of hydrogen-bond acceptors (Lipinski definition) is 0. The van der Waals surface area contributed by atoms with Crippen LogP contribution in [-0.2, 0) is 0 Å². The predicted octanol–water partition coefficient (Wildman–Crippen LogP) is 3.71. The van der Waals surface area contributed by atoms with Gasteiger partial charge in [0.15, 0.2) is 0 Å². The van der Waals surface area contributed by atoms with E-state index in [9.17, 15) is 17.6 Å². The van der Waals surface area contributed by atoms with Crippen molar-refractivity contribution in [2.24, 2.45) is 5.92 Å². The summed E-state index contributed by atoms with van der Waals surface area (Å²) in [6.07, 6.45) is -3.59. The van der Waals surface area contributed by atoms with Crippen molar-refractivity contribution < 1.29 is 17.6 Å². The molecule has 0 N–H and O–H groups in total. The fraction of sp³-hybridized carbons (Fsp3) is 1.00. The molecule has 0 aliphatic rings. The van der Waals surface area contributed by atoms with Crippen molar-refractivity contribution in [3.05, 3.63) is 0 Å². The lowest BCUT2D eigenvalue weighted by molar-refractivity contribution is -0.178. The molecule has 0 fully saturated rings. The Hall–Kier alpha value is -0.280. The summed E-state index contributed by atoms with van der Waals surface area (Å²) in [5, 5.41) is 0. The Bertz CT molecular complexity index is 108. The summed E-state index contributed by atoms with van der Waals surface area (Å²) < 4.78 is 47.9. The maximum absolute atomic E-state index is 12.1. The van der Waals surface area contributed by atoms with Gasteiger partial charge < -0.3 is 0 Å². The molecule has 0 saturated heterocycles. The monoisotopic (exact) mass is 186 g/mol. The van der Waals surface area contributed by atoms with Gasteiger partial charge in [-0.15, -0.1) is 0 Å². The first-order valence-corrected chi connectivity index (χ1v) is 4.15. The summed E-state index contributed by atoms with van der Waals surface area (Å²) in [6, 6.07) is 0. The van der Waals surface area contributed by atoms with Gasteiger partial charge in [-0.3, -0.25) is 4.39 Å². The Morgan fingerprint density at radius 1 is 1.17 bits per heavy atom. The lowest BCUT2D eigenvalue weighted by Gasteiger charge is -2.18. The van der Waals surface area contributed by atoms with Crippen LogP contribution in [-0.4, -0.2) is 12.9 Å². The van der Waals surface area contributed by atoms with Crippen molar-refractivity contribution in [3.8, 4) is 0 Å². The molecule has 74 valence electrons. The maximum atomic E-state index is 12.1. The molecule has 0 rings (SSSR count). The van der Waals surface area contributed by atoms with E-state index in [1.807, 2.05) is 0 Å². The molecule has 0 aromatic rings. The summed E-state index contributed by atoms with van der Waals surface area (Å²) in [7, 11) is 0. The molecule has 0 aliphatic heterocycles. The second-order valence-corrected chi connectivity index (χ2v) is 2.86. The SMILES string of the molecule is CCCC(CCCF)C(F)(F)F. The van der Waals surface area contributed by atoms with Gasteiger partial charge in [0, 0.05) is 0 Å². The summed E-state index contributed by atoms with van der Waals surface area (Å²) in [5.74, 6) is -1.31. The van der Waals surface area contributed by atoms with Crippen molar-refractivity contribution in [2.45, 2.75) is 38.8 Å². The minimum Gasteiger partial charge on any atom is -0.251 e. The topological polar surface area (TPSA) is 0 Å². The highest BCUT2D eigenvalue weighted by Crippen LogP contribution is 2.33. The first-order chi connectivity index (χ1) is 5.52. The van der Waals surface area contributed by atoms with Gasteiger partial charge in [-0.25, -0.2) is 0 Å². The third-order valence-electron chi connectivity index (χ3n) is 1.79. The molecule has 4 heteroatoms. The largest absolute Gasteiger partial charge is 0.391 e. The van der Waals surface area contributed by atoms with Crippen molar-refractivity contribution in [1.29, 1.82) is 0 Å². The van der Waals surface area contributed by atoms with E-state index in [1.54, 1.807) is 6.92 Å². The maximum Gasteiger partial charge on any atom is 0.391 e. The highest BCUT2D eigenvalue weighted by atomic mass is 19.4. The lowest BCUT2D eigenvalue weighted by Crippen LogP contribution is -2.22. The van der Waals surface area contributed by atoms with Gasteiger partial charge in [0.25, 0.3) is 0 Å². The van der Waals surface area contributed by atoms with Crippen LogP contribution in [0.2, 0.25) is 0 Å². The molecule has 0 radical (unpaired) electrons. The Kier molecular flexibility index (Phi) is 5.25. The first-order valence-electron chi connectivity index (χ1n) is 4.15. The van der Waals surface area contributed by atoms with E-state index < -0.39 is 18.8 Å². The van der Waals surface area contributed by atoms with Gasteiger partial charge in [0.1, 0.15) is 0 Å². The van der Waals surface area contributed by atoms with E-state index >= 15 is 0 Å². The molecular formula is C8H14F4. The molecule has 0 aromatic heterocycles. The van der Waals surface area contributed by atoms with Crippen LogP contribution in [0.3, 0.4) is 0 Å². The first kappa shape index (κ1) is 11.7. The highest BCUT2D eigenvalue weighted by Gasteiger charge is 2.37. The van der Waals surface area contributed by atoms with E-state index in [0.29, 0.717) is 6.42 Å². The van der Waals surface area contributed by atoms with Gasteiger partial charge in [-0.2, -0.15) is 13.2 Å². The number of rotatable bonds is 5. The normalized spacial score (nSPS) is 14.8. The lowest BCUT2D eigenvalue weighted by atomic mass is 9.98. The standard InChI is InChI=1S/C8H14F4/c1-2-4-7(5-3-6-9)8(10,11)12/h7H,2-6H2,1H3. The van der Waals surface area contributed by atoms with Crippen LogP contribution < -0.4 is 0 Å². The second kappa shape index (κ2) is 5.38. The Morgan fingerprint density at radius 3 is 2.08 bits per heavy atom. The minimum atomic E-state index is -4.15. The second-order valence-electron chi connectivity index (χ2n) is 2.86. The number of alkyl halides is 4. The number of hydrogen-bond donors (Lipinski definition) is 0.